The Labute approximate surface area is 259 Å². The molecule has 14 heteroatoms. The molecule has 3 fully saturated rings. The van der Waals surface area contributed by atoms with Crippen molar-refractivity contribution in [2.75, 3.05) is 38.5 Å². The summed E-state index contributed by atoms with van der Waals surface area (Å²) < 4.78 is 58.0. The molecule has 2 N–H and O–H groups in total. The van der Waals surface area contributed by atoms with E-state index < -0.39 is 29.4 Å². The van der Waals surface area contributed by atoms with E-state index in [2.05, 4.69) is 26.4 Å². The maximum absolute atomic E-state index is 16.6. The lowest BCUT2D eigenvalue weighted by Gasteiger charge is -2.30. The molecule has 4 aromatic rings. The minimum atomic E-state index is -0.951. The summed E-state index contributed by atoms with van der Waals surface area (Å²) in [6, 6.07) is 3.96. The average Bonchev–Trinajstić information content (AvgIpc) is 3.77. The van der Waals surface area contributed by atoms with Gasteiger partial charge in [0.25, 0.3) is 0 Å². The fourth-order valence-corrected chi connectivity index (χ4v) is 7.76. The smallest absolute Gasteiger partial charge is 0.320 e. The second-order valence-electron chi connectivity index (χ2n) is 11.5. The predicted octanol–water partition coefficient (Wildman–Crippen LogP) is 5.54. The molecule has 3 aliphatic rings. The number of halogens is 4. The molecule has 3 atom stereocenters. The molecular weight excluding hydrogens is 617 g/mol. The number of carbonyl (C=O) groups is 1. The molecule has 3 saturated heterocycles. The van der Waals surface area contributed by atoms with Gasteiger partial charge in [0.05, 0.1) is 32.7 Å². The third-order valence-electron chi connectivity index (χ3n) is 8.75. The number of ether oxygens (including phenoxy) is 2. The van der Waals surface area contributed by atoms with E-state index in [-0.39, 0.29) is 73.3 Å². The molecule has 2 aromatic heterocycles. The Balaban J connectivity index is 1.32. The number of rotatable bonds is 7. The Kier molecular flexibility index (Phi) is 7.29. The fourth-order valence-electron chi connectivity index (χ4n) is 6.70. The molecule has 5 heterocycles. The molecule has 3 unspecified atom stereocenters. The summed E-state index contributed by atoms with van der Waals surface area (Å²) in [5.74, 6) is -1.52. The van der Waals surface area contributed by atoms with Crippen LogP contribution in [0.3, 0.4) is 0 Å². The van der Waals surface area contributed by atoms with E-state index in [9.17, 15) is 13.6 Å². The van der Waals surface area contributed by atoms with Crippen LogP contribution in [0.2, 0.25) is 5.02 Å². The third kappa shape index (κ3) is 4.90. The highest BCUT2D eigenvalue weighted by atomic mass is 35.5. The van der Waals surface area contributed by atoms with Gasteiger partial charge >= 0.3 is 6.01 Å². The summed E-state index contributed by atoms with van der Waals surface area (Å²) in [5, 5.41) is 0.325. The Morgan fingerprint density at radius 3 is 2.89 bits per heavy atom. The second-order valence-corrected chi connectivity index (χ2v) is 12.9. The quantitative estimate of drug-likeness (QED) is 0.262. The second kappa shape index (κ2) is 11.0. The van der Waals surface area contributed by atoms with Crippen LogP contribution in [0.1, 0.15) is 25.7 Å². The van der Waals surface area contributed by atoms with Gasteiger partial charge in [-0.1, -0.05) is 29.5 Å². The van der Waals surface area contributed by atoms with Gasteiger partial charge in [0.1, 0.15) is 30.2 Å². The van der Waals surface area contributed by atoms with Gasteiger partial charge in [0.15, 0.2) is 10.9 Å². The van der Waals surface area contributed by atoms with Crippen LogP contribution in [0.15, 0.2) is 30.9 Å². The molecule has 0 bridgehead atoms. The largest absolute Gasteiger partial charge is 0.472 e. The number of nitrogens with zero attached hydrogens (tertiary/aromatic N) is 5. The first-order chi connectivity index (χ1) is 21.2. The summed E-state index contributed by atoms with van der Waals surface area (Å²) in [5.41, 5.74) is 5.64. The zero-order valence-electron chi connectivity index (χ0n) is 23.5. The van der Waals surface area contributed by atoms with Gasteiger partial charge in [-0.3, -0.25) is 9.69 Å². The van der Waals surface area contributed by atoms with Gasteiger partial charge in [-0.15, -0.1) is 0 Å². The van der Waals surface area contributed by atoms with Crippen LogP contribution < -0.4 is 15.2 Å². The van der Waals surface area contributed by atoms with Crippen molar-refractivity contribution < 1.29 is 27.4 Å². The number of anilines is 1. The standard InChI is InChI=1S/C30H28ClF3N6O3S/c1-2-21(41)39-9-6-16(13-39)43-27-18-10-19(31)22(17-4-5-20(33)26-25(17)36-28(35)44-26)23(34)24(18)37-29(38-27)42-14-30-7-3-8-40(30)12-15(32)11-30/h2,4-5,10,15-16H,1,3,6-9,11-14H2,(H2,35,36). The van der Waals surface area contributed by atoms with Gasteiger partial charge in [-0.05, 0) is 43.7 Å². The van der Waals surface area contributed by atoms with Crippen LogP contribution in [0.5, 0.6) is 11.9 Å². The van der Waals surface area contributed by atoms with Crippen molar-refractivity contribution in [3.05, 3.63) is 47.5 Å². The van der Waals surface area contributed by atoms with Crippen LogP contribution in [0.4, 0.5) is 18.3 Å². The number of amides is 1. The maximum atomic E-state index is 16.6. The molecule has 0 aliphatic carbocycles. The maximum Gasteiger partial charge on any atom is 0.320 e. The number of fused-ring (bicyclic) bond motifs is 3. The van der Waals surface area contributed by atoms with Crippen LogP contribution in [-0.4, -0.2) is 81.3 Å². The number of hydrogen-bond donors (Lipinski definition) is 1. The van der Waals surface area contributed by atoms with Crippen molar-refractivity contribution in [1.29, 1.82) is 0 Å². The van der Waals surface area contributed by atoms with E-state index in [1.807, 2.05) is 0 Å². The van der Waals surface area contributed by atoms with Gasteiger partial charge in [-0.2, -0.15) is 9.97 Å². The summed E-state index contributed by atoms with van der Waals surface area (Å²) >= 11 is 7.64. The van der Waals surface area contributed by atoms with Crippen molar-refractivity contribution in [2.24, 2.45) is 0 Å². The average molecular weight is 645 g/mol. The molecule has 1 amide bonds. The third-order valence-corrected chi connectivity index (χ3v) is 9.94. The number of aromatic nitrogens is 3. The van der Waals surface area contributed by atoms with Crippen LogP contribution in [0.25, 0.3) is 32.2 Å². The van der Waals surface area contributed by atoms with E-state index in [4.69, 9.17) is 26.8 Å². The highest BCUT2D eigenvalue weighted by Gasteiger charge is 2.49. The van der Waals surface area contributed by atoms with Gasteiger partial charge in [0, 0.05) is 37.1 Å². The Hall–Kier alpha value is -3.68. The summed E-state index contributed by atoms with van der Waals surface area (Å²) in [7, 11) is 0. The number of carbonyl (C=O) groups excluding carboxylic acids is 1. The number of hydrogen-bond acceptors (Lipinski definition) is 9. The Morgan fingerprint density at radius 1 is 1.23 bits per heavy atom. The normalized spacial score (nSPS) is 23.5. The minimum absolute atomic E-state index is 0.00640. The number of nitrogens with two attached hydrogens (primary N) is 1. The molecule has 0 spiro atoms. The molecular formula is C30H28ClF3N6O3S. The van der Waals surface area contributed by atoms with Crippen molar-refractivity contribution >= 4 is 55.1 Å². The lowest BCUT2D eigenvalue weighted by atomic mass is 9.95. The lowest BCUT2D eigenvalue weighted by molar-refractivity contribution is -0.125. The topological polar surface area (TPSA) is 107 Å². The number of nitrogen functional groups attached to an aromatic ring is 1. The van der Waals surface area contributed by atoms with Crippen molar-refractivity contribution in [3.63, 3.8) is 0 Å². The van der Waals surface area contributed by atoms with Gasteiger partial charge in [0.2, 0.25) is 11.8 Å². The van der Waals surface area contributed by atoms with E-state index in [1.165, 1.54) is 24.3 Å². The molecule has 3 aliphatic heterocycles. The van der Waals surface area contributed by atoms with Crippen molar-refractivity contribution in [2.45, 2.75) is 43.5 Å². The highest BCUT2D eigenvalue weighted by molar-refractivity contribution is 7.22. The minimum Gasteiger partial charge on any atom is -0.472 e. The molecule has 44 heavy (non-hydrogen) atoms. The van der Waals surface area contributed by atoms with Crippen LogP contribution in [-0.2, 0) is 4.79 Å². The Bertz CT molecular complexity index is 1820. The van der Waals surface area contributed by atoms with E-state index in [1.54, 1.807) is 4.90 Å². The first-order valence-corrected chi connectivity index (χ1v) is 15.5. The molecule has 2 aromatic carbocycles. The zero-order valence-corrected chi connectivity index (χ0v) is 25.1. The molecule has 0 saturated carbocycles. The van der Waals surface area contributed by atoms with E-state index in [0.717, 1.165) is 30.7 Å². The molecule has 0 radical (unpaired) electrons. The predicted molar refractivity (Wildman–Crippen MR) is 162 cm³/mol. The molecule has 7 rings (SSSR count). The highest BCUT2D eigenvalue weighted by Crippen LogP contribution is 2.44. The van der Waals surface area contributed by atoms with Crippen molar-refractivity contribution in [1.82, 2.24) is 24.8 Å². The first kappa shape index (κ1) is 29.1. The van der Waals surface area contributed by atoms with E-state index >= 15 is 4.39 Å². The van der Waals surface area contributed by atoms with Crippen LogP contribution in [0, 0.1) is 11.6 Å². The summed E-state index contributed by atoms with van der Waals surface area (Å²) in [6.45, 7) is 5.54. The number of thiazole rings is 1. The monoisotopic (exact) mass is 644 g/mol. The first-order valence-electron chi connectivity index (χ1n) is 14.3. The summed E-state index contributed by atoms with van der Waals surface area (Å²) in [6.07, 6.45) is 2.40. The number of benzene rings is 2. The Morgan fingerprint density at radius 2 is 2.07 bits per heavy atom. The SMILES string of the molecule is C=CC(=O)N1CCC(Oc2nc(OCC34CCCN3CC(F)C4)nc3c(F)c(-c4ccc(F)c5sc(N)nc45)c(Cl)cc23)C1. The van der Waals surface area contributed by atoms with E-state index in [0.29, 0.717) is 25.9 Å². The molecule has 230 valence electrons. The zero-order chi connectivity index (χ0) is 30.7. The number of likely N-dealkylation sites (tertiary alicyclic amines) is 1. The summed E-state index contributed by atoms with van der Waals surface area (Å²) in [4.78, 5) is 29.0. The fraction of sp³-hybridized carbons (Fsp3) is 0.400. The van der Waals surface area contributed by atoms with Gasteiger partial charge in [-0.25, -0.2) is 18.2 Å². The number of alkyl halides is 1. The lowest BCUT2D eigenvalue weighted by Crippen LogP contribution is -2.43. The van der Waals surface area contributed by atoms with Crippen molar-refractivity contribution in [3.8, 4) is 23.0 Å². The van der Waals surface area contributed by atoms with Crippen LogP contribution >= 0.6 is 22.9 Å². The molecule has 9 nitrogen and oxygen atoms in total. The van der Waals surface area contributed by atoms with Gasteiger partial charge < -0.3 is 20.1 Å².